The first-order valence-electron chi connectivity index (χ1n) is 20.1. The van der Waals surface area contributed by atoms with Crippen molar-refractivity contribution < 1.29 is 8.83 Å². The Kier molecular flexibility index (Phi) is 6.73. The maximum Gasteiger partial charge on any atom is 0.145 e. The number of furan rings is 2. The van der Waals surface area contributed by atoms with Crippen LogP contribution in [0.3, 0.4) is 0 Å². The number of hydrogen-bond acceptors (Lipinski definition) is 3. The lowest BCUT2D eigenvalue weighted by atomic mass is 9.98. The summed E-state index contributed by atoms with van der Waals surface area (Å²) in [5.74, 6) is 0. The second kappa shape index (κ2) is 12.3. The summed E-state index contributed by atoms with van der Waals surface area (Å²) in [6, 6.07) is 68.4. The second-order valence-corrected chi connectivity index (χ2v) is 15.5. The third kappa shape index (κ3) is 4.56. The molecule has 0 saturated carbocycles. The van der Waals surface area contributed by atoms with Gasteiger partial charge in [0.1, 0.15) is 22.3 Å². The minimum atomic E-state index is 0.649. The SMILES string of the molecule is N#Cc1ccc(-c2ccc(-c3ccc(-n4c5ccccc5c5c6oc7ccccc7c6ccc54)cc3-n3c4ccccc4c4c5oc6ccccc6c5ccc43)cc2)cc1. The zero-order chi connectivity index (χ0) is 39.5. The molecule has 13 rings (SSSR count). The molecule has 5 heteroatoms. The van der Waals surface area contributed by atoms with E-state index < -0.39 is 0 Å². The van der Waals surface area contributed by atoms with Crippen molar-refractivity contribution in [3.63, 3.8) is 0 Å². The highest BCUT2D eigenvalue weighted by atomic mass is 16.3. The number of hydrogen-bond donors (Lipinski definition) is 0. The molecular formula is C55H31N3O2. The number of fused-ring (bicyclic) bond motifs is 14. The molecular weight excluding hydrogens is 735 g/mol. The van der Waals surface area contributed by atoms with Gasteiger partial charge in [0.15, 0.2) is 0 Å². The fraction of sp³-hybridized carbons (Fsp3) is 0. The normalized spacial score (nSPS) is 12.0. The lowest BCUT2D eigenvalue weighted by Gasteiger charge is -2.18. The summed E-state index contributed by atoms with van der Waals surface area (Å²) >= 11 is 0. The Balaban J connectivity index is 1.10. The van der Waals surface area contributed by atoms with Gasteiger partial charge in [-0.1, -0.05) is 115 Å². The van der Waals surface area contributed by atoms with Gasteiger partial charge in [0.05, 0.1) is 50.2 Å². The Bertz CT molecular complexity index is 3940. The van der Waals surface area contributed by atoms with Crippen LogP contribution >= 0.6 is 0 Å². The first kappa shape index (κ1) is 32.7. The highest BCUT2D eigenvalue weighted by Gasteiger charge is 2.23. The van der Waals surface area contributed by atoms with E-state index in [9.17, 15) is 5.26 Å². The summed E-state index contributed by atoms with van der Waals surface area (Å²) in [6.45, 7) is 0. The predicted molar refractivity (Wildman–Crippen MR) is 245 cm³/mol. The van der Waals surface area contributed by atoms with Crippen LogP contribution in [0, 0.1) is 11.3 Å². The van der Waals surface area contributed by atoms with Gasteiger partial charge < -0.3 is 18.0 Å². The van der Waals surface area contributed by atoms with E-state index in [0.29, 0.717) is 5.56 Å². The number of aromatic nitrogens is 2. The zero-order valence-electron chi connectivity index (χ0n) is 32.1. The fourth-order valence-corrected chi connectivity index (χ4v) is 9.68. The van der Waals surface area contributed by atoms with E-state index in [2.05, 4.69) is 155 Å². The molecule has 0 saturated heterocycles. The molecule has 278 valence electrons. The summed E-state index contributed by atoms with van der Waals surface area (Å²) in [7, 11) is 0. The van der Waals surface area contributed by atoms with E-state index in [1.165, 1.54) is 0 Å². The molecule has 5 nitrogen and oxygen atoms in total. The van der Waals surface area contributed by atoms with Gasteiger partial charge in [-0.15, -0.1) is 0 Å². The molecule has 0 aliphatic rings. The first-order valence-corrected chi connectivity index (χ1v) is 20.1. The van der Waals surface area contributed by atoms with Crippen molar-refractivity contribution in [2.45, 2.75) is 0 Å². The van der Waals surface area contributed by atoms with Crippen molar-refractivity contribution in [3.8, 4) is 39.7 Å². The van der Waals surface area contributed by atoms with Gasteiger partial charge in [0.2, 0.25) is 0 Å². The van der Waals surface area contributed by atoms with Crippen molar-refractivity contribution in [3.05, 3.63) is 194 Å². The average molecular weight is 766 g/mol. The molecule has 0 spiro atoms. The number of nitrogens with zero attached hydrogens (tertiary/aromatic N) is 3. The maximum absolute atomic E-state index is 9.37. The number of para-hydroxylation sites is 4. The predicted octanol–water partition coefficient (Wildman–Crippen LogP) is 14.9. The molecule has 0 radical (unpaired) electrons. The van der Waals surface area contributed by atoms with E-state index in [1.807, 2.05) is 48.5 Å². The van der Waals surface area contributed by atoms with Crippen molar-refractivity contribution in [2.24, 2.45) is 0 Å². The number of benzene rings is 9. The maximum atomic E-state index is 9.37. The second-order valence-electron chi connectivity index (χ2n) is 15.5. The lowest BCUT2D eigenvalue weighted by molar-refractivity contribution is 0.672. The molecule has 4 heterocycles. The van der Waals surface area contributed by atoms with E-state index in [1.54, 1.807) is 0 Å². The van der Waals surface area contributed by atoms with Crippen LogP contribution in [0.5, 0.6) is 0 Å². The van der Waals surface area contributed by atoms with Crippen molar-refractivity contribution >= 4 is 87.5 Å². The van der Waals surface area contributed by atoms with Crippen molar-refractivity contribution in [2.75, 3.05) is 0 Å². The lowest BCUT2D eigenvalue weighted by Crippen LogP contribution is -2.01. The number of nitriles is 1. The molecule has 0 bridgehead atoms. The van der Waals surface area contributed by atoms with Gasteiger partial charge in [0, 0.05) is 43.6 Å². The average Bonchev–Trinajstić information content (AvgIpc) is 4.06. The Morgan fingerprint density at radius 2 is 0.867 bits per heavy atom. The van der Waals surface area contributed by atoms with Gasteiger partial charge in [-0.05, 0) is 89.5 Å². The van der Waals surface area contributed by atoms with Crippen molar-refractivity contribution in [1.29, 1.82) is 5.26 Å². The Morgan fingerprint density at radius 3 is 1.45 bits per heavy atom. The van der Waals surface area contributed by atoms with E-state index in [-0.39, 0.29) is 0 Å². The minimum Gasteiger partial charge on any atom is -0.455 e. The third-order valence-electron chi connectivity index (χ3n) is 12.4. The molecule has 0 atom stereocenters. The molecule has 0 unspecified atom stereocenters. The van der Waals surface area contributed by atoms with E-state index in [4.69, 9.17) is 8.83 Å². The van der Waals surface area contributed by atoms with Gasteiger partial charge >= 0.3 is 0 Å². The molecule has 4 aromatic heterocycles. The van der Waals surface area contributed by atoms with Crippen LogP contribution in [-0.2, 0) is 0 Å². The van der Waals surface area contributed by atoms with Crippen LogP contribution in [0.15, 0.2) is 197 Å². The molecule has 0 amide bonds. The van der Waals surface area contributed by atoms with Gasteiger partial charge in [-0.3, -0.25) is 0 Å². The quantitative estimate of drug-likeness (QED) is 0.179. The smallest absolute Gasteiger partial charge is 0.145 e. The summed E-state index contributed by atoms with van der Waals surface area (Å²) in [5, 5.41) is 18.3. The molecule has 0 aliphatic carbocycles. The molecule has 0 aliphatic heterocycles. The monoisotopic (exact) mass is 765 g/mol. The van der Waals surface area contributed by atoms with E-state index in [0.717, 1.165) is 121 Å². The number of rotatable bonds is 4. The summed E-state index contributed by atoms with van der Waals surface area (Å²) in [6.07, 6.45) is 0. The van der Waals surface area contributed by atoms with Crippen LogP contribution in [0.4, 0.5) is 0 Å². The molecule has 13 aromatic rings. The van der Waals surface area contributed by atoms with Crippen LogP contribution in [0.1, 0.15) is 5.56 Å². The van der Waals surface area contributed by atoms with Gasteiger partial charge in [-0.2, -0.15) is 5.26 Å². The Morgan fingerprint density at radius 1 is 0.383 bits per heavy atom. The summed E-state index contributed by atoms with van der Waals surface area (Å²) in [5.41, 5.74) is 15.0. The van der Waals surface area contributed by atoms with Gasteiger partial charge in [-0.25, -0.2) is 0 Å². The summed E-state index contributed by atoms with van der Waals surface area (Å²) < 4.78 is 18.1. The summed E-state index contributed by atoms with van der Waals surface area (Å²) in [4.78, 5) is 0. The zero-order valence-corrected chi connectivity index (χ0v) is 32.1. The highest BCUT2D eigenvalue weighted by Crippen LogP contribution is 2.45. The van der Waals surface area contributed by atoms with E-state index >= 15 is 0 Å². The Labute approximate surface area is 342 Å². The largest absolute Gasteiger partial charge is 0.455 e. The molecule has 0 fully saturated rings. The van der Waals surface area contributed by atoms with Gasteiger partial charge in [0.25, 0.3) is 0 Å². The Hall–Kier alpha value is -8.33. The molecule has 0 N–H and O–H groups in total. The topological polar surface area (TPSA) is 59.9 Å². The fourth-order valence-electron chi connectivity index (χ4n) is 9.68. The standard InChI is InChI=1S/C55H31N3O2/c56-32-33-17-19-34(20-18-33)35-21-23-36(24-22-35)38-26-25-37(57-45-13-5-1-11-43(45)52-47(57)29-27-41-39-9-3-7-15-50(39)59-54(41)52)31-49(38)58-46-14-6-2-12-44(46)53-48(58)30-28-42-40-10-4-8-16-51(40)60-55(42)53/h1-31H. The van der Waals surface area contributed by atoms with Crippen LogP contribution in [0.25, 0.3) is 121 Å². The van der Waals surface area contributed by atoms with Crippen LogP contribution in [-0.4, -0.2) is 9.13 Å². The highest BCUT2D eigenvalue weighted by molar-refractivity contribution is 6.25. The molecule has 60 heavy (non-hydrogen) atoms. The van der Waals surface area contributed by atoms with Crippen LogP contribution in [0.2, 0.25) is 0 Å². The van der Waals surface area contributed by atoms with Crippen molar-refractivity contribution in [1.82, 2.24) is 9.13 Å². The third-order valence-corrected chi connectivity index (χ3v) is 12.4. The first-order chi connectivity index (χ1) is 29.7. The minimum absolute atomic E-state index is 0.649. The molecule has 9 aromatic carbocycles. The van der Waals surface area contributed by atoms with Crippen LogP contribution < -0.4 is 0 Å².